The molecule has 3 nitrogen and oxygen atoms in total. The van der Waals surface area contributed by atoms with Crippen LogP contribution in [0.1, 0.15) is 6.92 Å². The summed E-state index contributed by atoms with van der Waals surface area (Å²) in [5.41, 5.74) is 0. The van der Waals surface area contributed by atoms with Crippen molar-refractivity contribution in [2.24, 2.45) is 0 Å². The van der Waals surface area contributed by atoms with Crippen LogP contribution in [-0.2, 0) is 4.79 Å². The van der Waals surface area contributed by atoms with Gasteiger partial charge in [-0.1, -0.05) is 24.8 Å². The van der Waals surface area contributed by atoms with E-state index in [2.05, 4.69) is 11.9 Å². The van der Waals surface area contributed by atoms with E-state index < -0.39 is 0 Å². The first-order chi connectivity index (χ1) is 6.70. The molecule has 3 heteroatoms. The highest BCUT2D eigenvalue weighted by Gasteiger charge is 1.83. The molecule has 0 fully saturated rings. The average Bonchev–Trinajstić information content (AvgIpc) is 2.20. The Morgan fingerprint density at radius 3 is 2.29 bits per heavy atom. The molecule has 1 aromatic rings. The van der Waals surface area contributed by atoms with Gasteiger partial charge in [-0.05, 0) is 25.1 Å². The maximum absolute atomic E-state index is 10.2. The minimum absolute atomic E-state index is 0.109. The standard InChI is InChI=1S/C6H6O.C5H9NO/c7-6-4-2-1-3-5-6;1-3-5(7)6-4-2/h1-5,7H;3H,1,4H2,2H3,(H,6,7). The van der Waals surface area contributed by atoms with E-state index in [0.717, 1.165) is 0 Å². The second-order valence-corrected chi connectivity index (χ2v) is 2.43. The van der Waals surface area contributed by atoms with E-state index in [4.69, 9.17) is 5.11 Å². The molecule has 0 saturated heterocycles. The first kappa shape index (κ1) is 12.2. The molecule has 0 aliphatic heterocycles. The van der Waals surface area contributed by atoms with Gasteiger partial charge in [-0.15, -0.1) is 0 Å². The number of benzene rings is 1. The van der Waals surface area contributed by atoms with E-state index in [1.807, 2.05) is 13.0 Å². The Kier molecular flexibility index (Phi) is 6.86. The molecule has 1 rings (SSSR count). The number of rotatable bonds is 2. The van der Waals surface area contributed by atoms with Gasteiger partial charge >= 0.3 is 0 Å². The lowest BCUT2D eigenvalue weighted by molar-refractivity contribution is -0.116. The highest BCUT2D eigenvalue weighted by molar-refractivity contribution is 5.86. The van der Waals surface area contributed by atoms with Crippen molar-refractivity contribution < 1.29 is 9.90 Å². The molecule has 0 aliphatic carbocycles. The zero-order chi connectivity index (χ0) is 10.8. The van der Waals surface area contributed by atoms with Crippen molar-refractivity contribution in [3.05, 3.63) is 43.0 Å². The highest BCUT2D eigenvalue weighted by atomic mass is 16.3. The Hall–Kier alpha value is -1.77. The van der Waals surface area contributed by atoms with Crippen LogP contribution in [0.3, 0.4) is 0 Å². The number of hydrogen-bond acceptors (Lipinski definition) is 2. The van der Waals surface area contributed by atoms with Crippen molar-refractivity contribution in [1.29, 1.82) is 0 Å². The zero-order valence-corrected chi connectivity index (χ0v) is 8.23. The van der Waals surface area contributed by atoms with Gasteiger partial charge in [0.1, 0.15) is 5.75 Å². The number of nitrogens with one attached hydrogen (secondary N) is 1. The fourth-order valence-corrected chi connectivity index (χ4v) is 0.674. The number of hydrogen-bond donors (Lipinski definition) is 2. The largest absolute Gasteiger partial charge is 0.508 e. The van der Waals surface area contributed by atoms with Crippen LogP contribution in [0, 0.1) is 0 Å². The van der Waals surface area contributed by atoms with Crippen LogP contribution in [0.4, 0.5) is 0 Å². The molecule has 1 aromatic carbocycles. The normalized spacial score (nSPS) is 8.07. The van der Waals surface area contributed by atoms with E-state index in [1.165, 1.54) is 6.08 Å². The number of amides is 1. The van der Waals surface area contributed by atoms with Crippen LogP contribution < -0.4 is 5.32 Å². The summed E-state index contributed by atoms with van der Waals surface area (Å²) >= 11 is 0. The second-order valence-electron chi connectivity index (χ2n) is 2.43. The van der Waals surface area contributed by atoms with Gasteiger partial charge in [-0.2, -0.15) is 0 Å². The zero-order valence-electron chi connectivity index (χ0n) is 8.23. The maximum atomic E-state index is 10.2. The van der Waals surface area contributed by atoms with E-state index in [9.17, 15) is 4.79 Å². The van der Waals surface area contributed by atoms with Gasteiger partial charge in [0.25, 0.3) is 0 Å². The van der Waals surface area contributed by atoms with E-state index >= 15 is 0 Å². The van der Waals surface area contributed by atoms with Crippen molar-refractivity contribution in [1.82, 2.24) is 5.32 Å². The number of aromatic hydroxyl groups is 1. The third-order valence-corrected chi connectivity index (χ3v) is 1.29. The Morgan fingerprint density at radius 2 is 2.07 bits per heavy atom. The molecule has 0 radical (unpaired) electrons. The van der Waals surface area contributed by atoms with Gasteiger partial charge < -0.3 is 10.4 Å². The predicted molar refractivity (Wildman–Crippen MR) is 57.0 cm³/mol. The summed E-state index contributed by atoms with van der Waals surface area (Å²) in [5.74, 6) is 0.213. The Morgan fingerprint density at radius 1 is 1.50 bits per heavy atom. The summed E-state index contributed by atoms with van der Waals surface area (Å²) < 4.78 is 0. The molecule has 0 aromatic heterocycles. The van der Waals surface area contributed by atoms with Crippen LogP contribution >= 0.6 is 0 Å². The van der Waals surface area contributed by atoms with Crippen molar-refractivity contribution in [3.63, 3.8) is 0 Å². The number of para-hydroxylation sites is 1. The minimum Gasteiger partial charge on any atom is -0.508 e. The monoisotopic (exact) mass is 193 g/mol. The van der Waals surface area contributed by atoms with Crippen LogP contribution in [0.2, 0.25) is 0 Å². The van der Waals surface area contributed by atoms with E-state index in [1.54, 1.807) is 24.3 Å². The van der Waals surface area contributed by atoms with Crippen LogP contribution in [0.25, 0.3) is 0 Å². The number of likely N-dealkylation sites (N-methyl/N-ethyl adjacent to an activating group) is 1. The summed E-state index contributed by atoms with van der Waals surface area (Å²) in [6.45, 7) is 5.80. The van der Waals surface area contributed by atoms with E-state index in [-0.39, 0.29) is 5.91 Å². The van der Waals surface area contributed by atoms with Crippen molar-refractivity contribution in [3.8, 4) is 5.75 Å². The van der Waals surface area contributed by atoms with Crippen molar-refractivity contribution in [2.45, 2.75) is 6.92 Å². The van der Waals surface area contributed by atoms with Crippen LogP contribution in [-0.4, -0.2) is 17.6 Å². The molecular formula is C11H15NO2. The molecule has 0 aliphatic rings. The molecule has 2 N–H and O–H groups in total. The summed E-state index contributed by atoms with van der Waals surface area (Å²) in [7, 11) is 0. The Labute approximate surface area is 84.1 Å². The molecule has 76 valence electrons. The van der Waals surface area contributed by atoms with Gasteiger partial charge in [0.05, 0.1) is 0 Å². The first-order valence-electron chi connectivity index (χ1n) is 4.35. The topological polar surface area (TPSA) is 49.3 Å². The highest BCUT2D eigenvalue weighted by Crippen LogP contribution is 2.02. The van der Waals surface area contributed by atoms with E-state index in [0.29, 0.717) is 12.3 Å². The molecule has 14 heavy (non-hydrogen) atoms. The average molecular weight is 193 g/mol. The quantitative estimate of drug-likeness (QED) is 0.702. The van der Waals surface area contributed by atoms with Crippen LogP contribution in [0.5, 0.6) is 5.75 Å². The lowest BCUT2D eigenvalue weighted by Gasteiger charge is -1.90. The third-order valence-electron chi connectivity index (χ3n) is 1.29. The summed E-state index contributed by atoms with van der Waals surface area (Å²) in [4.78, 5) is 10.2. The first-order valence-corrected chi connectivity index (χ1v) is 4.35. The smallest absolute Gasteiger partial charge is 0.243 e. The van der Waals surface area contributed by atoms with Crippen LogP contribution in [0.15, 0.2) is 43.0 Å². The maximum Gasteiger partial charge on any atom is 0.243 e. The lowest BCUT2D eigenvalue weighted by Crippen LogP contribution is -2.19. The summed E-state index contributed by atoms with van der Waals surface area (Å²) in [6, 6.07) is 8.71. The fraction of sp³-hybridized carbons (Fsp3) is 0.182. The fourth-order valence-electron chi connectivity index (χ4n) is 0.674. The molecule has 1 amide bonds. The number of carbonyl (C=O) groups excluding carboxylic acids is 1. The summed E-state index contributed by atoms with van der Waals surface area (Å²) in [5, 5.41) is 11.2. The molecule has 0 bridgehead atoms. The van der Waals surface area contributed by atoms with Gasteiger partial charge in [-0.3, -0.25) is 4.79 Å². The molecule has 0 unspecified atom stereocenters. The van der Waals surface area contributed by atoms with Crippen molar-refractivity contribution in [2.75, 3.05) is 6.54 Å². The lowest BCUT2D eigenvalue weighted by atomic mass is 10.3. The third kappa shape index (κ3) is 6.91. The van der Waals surface area contributed by atoms with Gasteiger partial charge in [-0.25, -0.2) is 0 Å². The van der Waals surface area contributed by atoms with Gasteiger partial charge in [0, 0.05) is 6.54 Å². The van der Waals surface area contributed by atoms with Crippen molar-refractivity contribution >= 4 is 5.91 Å². The SMILES string of the molecule is C=CC(=O)NCC.Oc1ccccc1. The Bertz CT molecular complexity index is 270. The number of carbonyl (C=O) groups is 1. The molecule has 0 spiro atoms. The molecular weight excluding hydrogens is 178 g/mol. The number of phenolic OH excluding ortho intramolecular Hbond substituents is 1. The second kappa shape index (κ2) is 7.86. The minimum atomic E-state index is -0.109. The predicted octanol–water partition coefficient (Wildman–Crippen LogP) is 1.70. The molecule has 0 atom stereocenters. The summed E-state index contributed by atoms with van der Waals surface area (Å²) in [6.07, 6.45) is 1.25. The Balaban J connectivity index is 0.000000241. The van der Waals surface area contributed by atoms with Gasteiger partial charge in [0.2, 0.25) is 5.91 Å². The number of phenols is 1. The van der Waals surface area contributed by atoms with Gasteiger partial charge in [0.15, 0.2) is 0 Å². The molecule has 0 saturated carbocycles. The molecule has 0 heterocycles.